The van der Waals surface area contributed by atoms with Gasteiger partial charge in [0.05, 0.1) is 0 Å². The number of nitrogen functional groups attached to an aromatic ring is 1. The van der Waals surface area contributed by atoms with Crippen molar-refractivity contribution in [2.45, 2.75) is 51.6 Å². The highest BCUT2D eigenvalue weighted by atomic mass is 16.5. The Morgan fingerprint density at radius 3 is 1.59 bits per heavy atom. The largest absolute Gasteiger partial charge is 0.399 e. The molecule has 0 spiro atoms. The SMILES string of the molecule is CC1(C)CCC(C)(C)N1[O].Nc1ccccc1. The summed E-state index contributed by atoms with van der Waals surface area (Å²) < 4.78 is 0. The van der Waals surface area contributed by atoms with E-state index in [-0.39, 0.29) is 11.1 Å². The van der Waals surface area contributed by atoms with Crippen LogP contribution in [0.4, 0.5) is 5.69 Å². The van der Waals surface area contributed by atoms with Crippen molar-refractivity contribution in [1.29, 1.82) is 0 Å². The molecule has 0 aromatic heterocycles. The number of hydrogen-bond acceptors (Lipinski definition) is 2. The fourth-order valence-electron chi connectivity index (χ4n) is 2.09. The molecule has 1 aliphatic rings. The highest BCUT2D eigenvalue weighted by molar-refractivity contribution is 5.35. The lowest BCUT2D eigenvalue weighted by Crippen LogP contribution is -2.44. The van der Waals surface area contributed by atoms with E-state index in [2.05, 4.69) is 0 Å². The maximum Gasteiger partial charge on any atom is 0.0444 e. The summed E-state index contributed by atoms with van der Waals surface area (Å²) in [6, 6.07) is 9.49. The van der Waals surface area contributed by atoms with Gasteiger partial charge < -0.3 is 5.73 Å². The monoisotopic (exact) mass is 235 g/mol. The molecule has 95 valence electrons. The van der Waals surface area contributed by atoms with E-state index in [0.29, 0.717) is 0 Å². The highest BCUT2D eigenvalue weighted by Gasteiger charge is 2.45. The minimum absolute atomic E-state index is 0.135. The zero-order valence-electron chi connectivity index (χ0n) is 11.2. The van der Waals surface area contributed by atoms with Crippen LogP contribution in [0, 0.1) is 0 Å². The van der Waals surface area contributed by atoms with Crippen LogP contribution in [0.25, 0.3) is 0 Å². The number of para-hydroxylation sites is 1. The van der Waals surface area contributed by atoms with Crippen LogP contribution < -0.4 is 5.73 Å². The molecular formula is C14H23N2O. The van der Waals surface area contributed by atoms with Gasteiger partial charge in [0.15, 0.2) is 0 Å². The number of nitrogens with two attached hydrogens (primary N) is 1. The molecular weight excluding hydrogens is 212 g/mol. The van der Waals surface area contributed by atoms with Gasteiger partial charge >= 0.3 is 0 Å². The van der Waals surface area contributed by atoms with Gasteiger partial charge in [-0.2, -0.15) is 0 Å². The minimum atomic E-state index is -0.135. The Kier molecular flexibility index (Phi) is 4.17. The molecule has 2 N–H and O–H groups in total. The molecule has 1 saturated heterocycles. The van der Waals surface area contributed by atoms with Gasteiger partial charge in [-0.3, -0.25) is 0 Å². The van der Waals surface area contributed by atoms with Crippen molar-refractivity contribution < 1.29 is 5.21 Å². The van der Waals surface area contributed by atoms with Gasteiger partial charge in [-0.15, -0.1) is 10.3 Å². The number of hydrogen-bond donors (Lipinski definition) is 1. The summed E-state index contributed by atoms with van der Waals surface area (Å²) in [5, 5.41) is 12.7. The van der Waals surface area contributed by atoms with Crippen molar-refractivity contribution in [1.82, 2.24) is 5.06 Å². The molecule has 3 nitrogen and oxygen atoms in total. The van der Waals surface area contributed by atoms with Crippen LogP contribution in [0.2, 0.25) is 0 Å². The first-order valence-corrected chi connectivity index (χ1v) is 6.04. The molecule has 1 aromatic carbocycles. The third-order valence-corrected chi connectivity index (χ3v) is 3.25. The smallest absolute Gasteiger partial charge is 0.0444 e. The van der Waals surface area contributed by atoms with Crippen molar-refractivity contribution in [2.75, 3.05) is 5.73 Å². The Hall–Kier alpha value is -1.06. The maximum absolute atomic E-state index is 11.5. The molecule has 1 heterocycles. The zero-order valence-corrected chi connectivity index (χ0v) is 11.2. The average molecular weight is 235 g/mol. The molecule has 0 saturated carbocycles. The summed E-state index contributed by atoms with van der Waals surface area (Å²) in [5.74, 6) is 0. The number of anilines is 1. The summed E-state index contributed by atoms with van der Waals surface area (Å²) in [7, 11) is 0. The van der Waals surface area contributed by atoms with Crippen molar-refractivity contribution in [2.24, 2.45) is 0 Å². The topological polar surface area (TPSA) is 49.2 Å². The average Bonchev–Trinajstić information content (AvgIpc) is 2.45. The Morgan fingerprint density at radius 1 is 1.00 bits per heavy atom. The lowest BCUT2D eigenvalue weighted by atomic mass is 10.0. The first-order valence-electron chi connectivity index (χ1n) is 6.04. The third kappa shape index (κ3) is 3.72. The summed E-state index contributed by atoms with van der Waals surface area (Å²) >= 11 is 0. The van der Waals surface area contributed by atoms with Crippen molar-refractivity contribution in [3.63, 3.8) is 0 Å². The molecule has 0 bridgehead atoms. The fraction of sp³-hybridized carbons (Fsp3) is 0.571. The minimum Gasteiger partial charge on any atom is -0.399 e. The number of rotatable bonds is 0. The van der Waals surface area contributed by atoms with Gasteiger partial charge in [0, 0.05) is 16.8 Å². The molecule has 0 atom stereocenters. The van der Waals surface area contributed by atoms with Gasteiger partial charge in [-0.1, -0.05) is 18.2 Å². The van der Waals surface area contributed by atoms with Crippen LogP contribution in [0.5, 0.6) is 0 Å². The highest BCUT2D eigenvalue weighted by Crippen LogP contribution is 2.38. The molecule has 1 fully saturated rings. The number of nitrogens with zero attached hydrogens (tertiary/aromatic N) is 1. The molecule has 1 radical (unpaired) electrons. The standard InChI is InChI=1S/C8H16NO.C6H7N/c1-7(2)5-6-8(3,4)9(7)10;7-6-4-2-1-3-5-6/h5-6H2,1-4H3;1-5H,7H2. The summed E-state index contributed by atoms with van der Waals surface area (Å²) in [6.45, 7) is 8.03. The Balaban J connectivity index is 0.000000181. The summed E-state index contributed by atoms with van der Waals surface area (Å²) in [4.78, 5) is 0. The van der Waals surface area contributed by atoms with E-state index >= 15 is 0 Å². The lowest BCUT2D eigenvalue weighted by molar-refractivity contribution is -0.244. The first-order chi connectivity index (χ1) is 7.76. The Labute approximate surface area is 104 Å². The van der Waals surface area contributed by atoms with E-state index in [1.807, 2.05) is 58.0 Å². The van der Waals surface area contributed by atoms with E-state index in [1.54, 1.807) is 0 Å². The molecule has 17 heavy (non-hydrogen) atoms. The van der Waals surface area contributed by atoms with Crippen LogP contribution >= 0.6 is 0 Å². The zero-order chi connectivity index (χ0) is 13.1. The quantitative estimate of drug-likeness (QED) is 0.702. The predicted molar refractivity (Wildman–Crippen MR) is 70.8 cm³/mol. The number of hydroxylamine groups is 2. The van der Waals surface area contributed by atoms with E-state index in [4.69, 9.17) is 5.73 Å². The normalized spacial score (nSPS) is 21.7. The van der Waals surface area contributed by atoms with Crippen LogP contribution in [-0.4, -0.2) is 16.1 Å². The maximum atomic E-state index is 11.5. The molecule has 2 rings (SSSR count). The molecule has 1 aromatic rings. The van der Waals surface area contributed by atoms with Gasteiger partial charge in [0.2, 0.25) is 0 Å². The second kappa shape index (κ2) is 5.07. The molecule has 3 heteroatoms. The molecule has 0 aliphatic carbocycles. The van der Waals surface area contributed by atoms with Crippen molar-refractivity contribution in [3.8, 4) is 0 Å². The predicted octanol–water partition coefficient (Wildman–Crippen LogP) is 3.25. The van der Waals surface area contributed by atoms with E-state index < -0.39 is 0 Å². The third-order valence-electron chi connectivity index (χ3n) is 3.25. The van der Waals surface area contributed by atoms with Gasteiger partial charge in [-0.25, -0.2) is 0 Å². The molecule has 1 aliphatic heterocycles. The summed E-state index contributed by atoms with van der Waals surface area (Å²) in [6.07, 6.45) is 2.03. The van der Waals surface area contributed by atoms with Crippen molar-refractivity contribution >= 4 is 5.69 Å². The van der Waals surface area contributed by atoms with E-state index in [0.717, 1.165) is 18.5 Å². The van der Waals surface area contributed by atoms with Crippen LogP contribution in [0.15, 0.2) is 30.3 Å². The molecule has 0 amide bonds. The lowest BCUT2D eigenvalue weighted by Gasteiger charge is -2.31. The fourth-order valence-corrected chi connectivity index (χ4v) is 2.09. The van der Waals surface area contributed by atoms with Crippen LogP contribution in [-0.2, 0) is 5.21 Å². The van der Waals surface area contributed by atoms with Gasteiger partial charge in [0.1, 0.15) is 0 Å². The Morgan fingerprint density at radius 2 is 1.41 bits per heavy atom. The van der Waals surface area contributed by atoms with Crippen molar-refractivity contribution in [3.05, 3.63) is 30.3 Å². The van der Waals surface area contributed by atoms with Crippen LogP contribution in [0.3, 0.4) is 0 Å². The van der Waals surface area contributed by atoms with Crippen LogP contribution in [0.1, 0.15) is 40.5 Å². The second-order valence-electron chi connectivity index (χ2n) is 5.83. The second-order valence-corrected chi connectivity index (χ2v) is 5.83. The van der Waals surface area contributed by atoms with Gasteiger partial charge in [0.25, 0.3) is 0 Å². The molecule has 0 unspecified atom stereocenters. The first kappa shape index (κ1) is 14.0. The number of benzene rings is 1. The van der Waals surface area contributed by atoms with E-state index in [1.165, 1.54) is 5.06 Å². The van der Waals surface area contributed by atoms with Gasteiger partial charge in [-0.05, 0) is 52.7 Å². The summed E-state index contributed by atoms with van der Waals surface area (Å²) in [5.41, 5.74) is 5.91. The Bertz CT molecular complexity index is 330. The van der Waals surface area contributed by atoms with E-state index in [9.17, 15) is 5.21 Å².